The molecule has 1 atom stereocenters. The highest BCUT2D eigenvalue weighted by molar-refractivity contribution is 7.96. The number of hydrogen-bond acceptors (Lipinski definition) is 4. The summed E-state index contributed by atoms with van der Waals surface area (Å²) < 4.78 is 2.75. The highest BCUT2D eigenvalue weighted by atomic mass is 32.2. The summed E-state index contributed by atoms with van der Waals surface area (Å²) in [5.41, 5.74) is 0.615. The van der Waals surface area contributed by atoms with Gasteiger partial charge in [0.05, 0.1) is 0 Å². The fraction of sp³-hybridized carbons (Fsp3) is 0.222. The quantitative estimate of drug-likeness (QED) is 0.659. The van der Waals surface area contributed by atoms with E-state index in [-0.39, 0.29) is 5.75 Å². The molecule has 0 amide bonds. The van der Waals surface area contributed by atoms with Crippen LogP contribution in [0.5, 0.6) is 5.75 Å². The number of carboxylic acids is 1. The topological polar surface area (TPSA) is 69.6 Å². The minimum Gasteiger partial charge on any atom is -0.508 e. The Balaban J connectivity index is 2.87. The monoisotopic (exact) mass is 213 g/mol. The lowest BCUT2D eigenvalue weighted by Gasteiger charge is -2.12. The first-order chi connectivity index (χ1) is 6.65. The Morgan fingerprint density at radius 2 is 2.00 bits per heavy atom. The molecule has 0 fully saturated rings. The van der Waals surface area contributed by atoms with E-state index in [1.54, 1.807) is 18.4 Å². The summed E-state index contributed by atoms with van der Waals surface area (Å²) in [7, 11) is 0. The van der Waals surface area contributed by atoms with Crippen LogP contribution in [0.1, 0.15) is 11.6 Å². The highest BCUT2D eigenvalue weighted by Gasteiger charge is 2.18. The number of phenolic OH excluding ortho intramolecular Hbond substituents is 1. The van der Waals surface area contributed by atoms with Crippen LogP contribution in [-0.4, -0.2) is 22.4 Å². The van der Waals surface area contributed by atoms with Crippen LogP contribution in [0.2, 0.25) is 0 Å². The van der Waals surface area contributed by atoms with Crippen molar-refractivity contribution in [3.63, 3.8) is 0 Å². The third kappa shape index (κ3) is 2.65. The third-order valence-corrected chi connectivity index (χ3v) is 2.18. The zero-order chi connectivity index (χ0) is 10.6. The average Bonchev–Trinajstić information content (AvgIpc) is 2.15. The molecule has 1 aromatic rings. The summed E-state index contributed by atoms with van der Waals surface area (Å²) in [6, 6.07) is 5.35. The van der Waals surface area contributed by atoms with Crippen LogP contribution in [0, 0.1) is 0 Å². The molecule has 0 aliphatic heterocycles. The van der Waals surface area contributed by atoms with E-state index >= 15 is 0 Å². The molecule has 0 saturated heterocycles. The summed E-state index contributed by atoms with van der Waals surface area (Å²) in [4.78, 5) is 10.8. The number of benzene rings is 1. The molecular formula is C9H11NO3S. The molecule has 1 unspecified atom stereocenters. The van der Waals surface area contributed by atoms with Gasteiger partial charge in [-0.05, 0) is 24.0 Å². The van der Waals surface area contributed by atoms with Crippen molar-refractivity contribution in [1.82, 2.24) is 4.72 Å². The van der Waals surface area contributed by atoms with E-state index in [1.807, 2.05) is 0 Å². The van der Waals surface area contributed by atoms with E-state index in [2.05, 4.69) is 4.72 Å². The summed E-state index contributed by atoms with van der Waals surface area (Å²) in [5.74, 6) is -0.813. The Morgan fingerprint density at radius 3 is 2.43 bits per heavy atom. The molecule has 0 spiro atoms. The van der Waals surface area contributed by atoms with Crippen LogP contribution in [-0.2, 0) is 4.79 Å². The SMILES string of the molecule is CSNC(C(=O)O)c1ccc(O)cc1. The number of phenols is 1. The van der Waals surface area contributed by atoms with Crippen molar-refractivity contribution in [3.8, 4) is 5.75 Å². The Hall–Kier alpha value is -1.20. The van der Waals surface area contributed by atoms with Gasteiger partial charge < -0.3 is 10.2 Å². The van der Waals surface area contributed by atoms with Gasteiger partial charge in [-0.3, -0.25) is 4.79 Å². The molecule has 76 valence electrons. The van der Waals surface area contributed by atoms with Crippen molar-refractivity contribution in [3.05, 3.63) is 29.8 Å². The molecule has 14 heavy (non-hydrogen) atoms. The molecule has 5 heteroatoms. The third-order valence-electron chi connectivity index (χ3n) is 1.71. The normalized spacial score (nSPS) is 12.4. The molecule has 1 rings (SSSR count). The molecule has 0 bridgehead atoms. The zero-order valence-electron chi connectivity index (χ0n) is 7.60. The molecule has 0 saturated carbocycles. The van der Waals surface area contributed by atoms with E-state index in [4.69, 9.17) is 10.2 Å². The number of aliphatic carboxylic acids is 1. The fourth-order valence-corrected chi connectivity index (χ4v) is 1.52. The molecule has 0 aliphatic rings. The second-order valence-corrected chi connectivity index (χ2v) is 3.33. The minimum atomic E-state index is -0.940. The van der Waals surface area contributed by atoms with Gasteiger partial charge in [0.25, 0.3) is 0 Å². The molecule has 0 aromatic heterocycles. The van der Waals surface area contributed by atoms with Crippen molar-refractivity contribution < 1.29 is 15.0 Å². The van der Waals surface area contributed by atoms with Gasteiger partial charge in [0.15, 0.2) is 0 Å². The van der Waals surface area contributed by atoms with Crippen molar-refractivity contribution in [1.29, 1.82) is 0 Å². The fourth-order valence-electron chi connectivity index (χ4n) is 1.05. The molecule has 0 heterocycles. The van der Waals surface area contributed by atoms with Crippen LogP contribution < -0.4 is 4.72 Å². The van der Waals surface area contributed by atoms with Gasteiger partial charge >= 0.3 is 5.97 Å². The number of carbonyl (C=O) groups is 1. The maximum atomic E-state index is 10.8. The van der Waals surface area contributed by atoms with Crippen molar-refractivity contribution in [2.75, 3.05) is 6.26 Å². The lowest BCUT2D eigenvalue weighted by molar-refractivity contribution is -0.139. The first-order valence-electron chi connectivity index (χ1n) is 3.95. The van der Waals surface area contributed by atoms with Crippen molar-refractivity contribution in [2.45, 2.75) is 6.04 Å². The maximum Gasteiger partial charge on any atom is 0.326 e. The van der Waals surface area contributed by atoms with E-state index in [1.165, 1.54) is 24.1 Å². The maximum absolute atomic E-state index is 10.8. The van der Waals surface area contributed by atoms with E-state index < -0.39 is 12.0 Å². The molecular weight excluding hydrogens is 202 g/mol. The van der Waals surface area contributed by atoms with Crippen LogP contribution in [0.3, 0.4) is 0 Å². The standard InChI is InChI=1S/C9H11NO3S/c1-14-10-8(9(12)13)6-2-4-7(11)5-3-6/h2-5,8,10-11H,1H3,(H,12,13). The molecule has 3 N–H and O–H groups in total. The Morgan fingerprint density at radius 1 is 1.43 bits per heavy atom. The van der Waals surface area contributed by atoms with Crippen molar-refractivity contribution in [2.24, 2.45) is 0 Å². The van der Waals surface area contributed by atoms with Gasteiger partial charge in [0.2, 0.25) is 0 Å². The van der Waals surface area contributed by atoms with Crippen LogP contribution >= 0.6 is 11.9 Å². The number of nitrogens with one attached hydrogen (secondary N) is 1. The minimum absolute atomic E-state index is 0.127. The summed E-state index contributed by atoms with van der Waals surface area (Å²) in [6.45, 7) is 0. The van der Waals surface area contributed by atoms with E-state index in [9.17, 15) is 4.79 Å². The number of hydrogen-bond donors (Lipinski definition) is 3. The molecule has 0 radical (unpaired) electrons. The van der Waals surface area contributed by atoms with Gasteiger partial charge in [0, 0.05) is 0 Å². The Labute approximate surface area is 86.1 Å². The largest absolute Gasteiger partial charge is 0.508 e. The summed E-state index contributed by atoms with van der Waals surface area (Å²) in [5, 5.41) is 17.9. The average molecular weight is 213 g/mol. The van der Waals surface area contributed by atoms with Crippen LogP contribution in [0.4, 0.5) is 0 Å². The van der Waals surface area contributed by atoms with Gasteiger partial charge in [-0.1, -0.05) is 24.1 Å². The van der Waals surface area contributed by atoms with Crippen molar-refractivity contribution >= 4 is 17.9 Å². The van der Waals surface area contributed by atoms with Crippen LogP contribution in [0.25, 0.3) is 0 Å². The summed E-state index contributed by atoms with van der Waals surface area (Å²) >= 11 is 1.24. The number of carboxylic acid groups (broad SMARTS) is 1. The number of aromatic hydroxyl groups is 1. The smallest absolute Gasteiger partial charge is 0.326 e. The molecule has 0 aliphatic carbocycles. The van der Waals surface area contributed by atoms with Gasteiger partial charge in [0.1, 0.15) is 11.8 Å². The second-order valence-electron chi connectivity index (χ2n) is 2.68. The Kier molecular flexibility index (Phi) is 3.79. The summed E-state index contributed by atoms with van der Waals surface area (Å²) in [6.07, 6.45) is 1.76. The zero-order valence-corrected chi connectivity index (χ0v) is 8.41. The van der Waals surface area contributed by atoms with Gasteiger partial charge in [-0.2, -0.15) is 0 Å². The van der Waals surface area contributed by atoms with Crippen LogP contribution in [0.15, 0.2) is 24.3 Å². The number of rotatable bonds is 4. The molecule has 1 aromatic carbocycles. The predicted octanol–water partition coefficient (Wildman–Crippen LogP) is 1.39. The lowest BCUT2D eigenvalue weighted by atomic mass is 10.1. The Bertz CT molecular complexity index is 312. The van der Waals surface area contributed by atoms with Gasteiger partial charge in [-0.25, -0.2) is 4.72 Å². The predicted molar refractivity (Wildman–Crippen MR) is 55.1 cm³/mol. The lowest BCUT2D eigenvalue weighted by Crippen LogP contribution is -2.22. The molecule has 4 nitrogen and oxygen atoms in total. The first-order valence-corrected chi connectivity index (χ1v) is 5.18. The first kappa shape index (κ1) is 10.9. The second kappa shape index (κ2) is 4.88. The van der Waals surface area contributed by atoms with E-state index in [0.717, 1.165) is 0 Å². The van der Waals surface area contributed by atoms with Gasteiger partial charge in [-0.15, -0.1) is 0 Å². The highest BCUT2D eigenvalue weighted by Crippen LogP contribution is 2.18. The van der Waals surface area contributed by atoms with E-state index in [0.29, 0.717) is 5.56 Å².